The molecule has 29 heavy (non-hydrogen) atoms. The molecular weight excluding hydrogens is 404 g/mol. The van der Waals surface area contributed by atoms with E-state index in [4.69, 9.17) is 11.6 Å². The van der Waals surface area contributed by atoms with Gasteiger partial charge in [0.25, 0.3) is 0 Å². The number of hydrogen-bond donors (Lipinski definition) is 0. The lowest BCUT2D eigenvalue weighted by atomic mass is 10.1. The van der Waals surface area contributed by atoms with E-state index in [0.29, 0.717) is 10.7 Å². The third-order valence-corrected chi connectivity index (χ3v) is 6.94. The predicted molar refractivity (Wildman–Crippen MR) is 115 cm³/mol. The fraction of sp³-hybridized carbons (Fsp3) is 0.0870. The van der Waals surface area contributed by atoms with Crippen LogP contribution in [0, 0.1) is 13.8 Å². The third kappa shape index (κ3) is 3.59. The van der Waals surface area contributed by atoms with Gasteiger partial charge in [0, 0.05) is 10.6 Å². The summed E-state index contributed by atoms with van der Waals surface area (Å²) < 4.78 is 28.7. The number of rotatable bonds is 4. The second-order valence-corrected chi connectivity index (χ2v) is 9.22. The average molecular weight is 423 g/mol. The van der Waals surface area contributed by atoms with Crippen LogP contribution in [-0.2, 0) is 9.84 Å². The molecule has 0 bridgehead atoms. The maximum atomic E-state index is 13.5. The number of nitrogens with zero attached hydrogens (tertiary/aromatic N) is 2. The molecule has 0 fully saturated rings. The largest absolute Gasteiger partial charge is 0.232 e. The van der Waals surface area contributed by atoms with E-state index in [1.54, 1.807) is 41.1 Å². The van der Waals surface area contributed by atoms with Gasteiger partial charge in [-0.1, -0.05) is 48.0 Å². The first-order valence-corrected chi connectivity index (χ1v) is 11.0. The minimum atomic E-state index is -3.77. The number of halogens is 1. The second kappa shape index (κ2) is 7.50. The first-order chi connectivity index (χ1) is 13.9. The molecule has 4 rings (SSSR count). The Morgan fingerprint density at radius 1 is 0.862 bits per heavy atom. The molecular formula is C23H19ClN2O2S. The molecule has 1 heterocycles. The summed E-state index contributed by atoms with van der Waals surface area (Å²) >= 11 is 6.05. The van der Waals surface area contributed by atoms with Crippen molar-refractivity contribution >= 4 is 21.4 Å². The van der Waals surface area contributed by atoms with E-state index in [0.717, 1.165) is 22.4 Å². The molecule has 0 N–H and O–H groups in total. The van der Waals surface area contributed by atoms with Crippen molar-refractivity contribution in [2.75, 3.05) is 0 Å². The fourth-order valence-corrected chi connectivity index (χ4v) is 4.78. The molecule has 0 amide bonds. The smallest absolute Gasteiger partial charge is 0.210 e. The Hall–Kier alpha value is -2.89. The molecule has 0 aliphatic carbocycles. The molecule has 1 aromatic heterocycles. The minimum absolute atomic E-state index is 0.159. The zero-order valence-corrected chi connectivity index (χ0v) is 17.6. The minimum Gasteiger partial charge on any atom is -0.232 e. The van der Waals surface area contributed by atoms with E-state index in [2.05, 4.69) is 5.10 Å². The van der Waals surface area contributed by atoms with Crippen LogP contribution in [-0.4, -0.2) is 18.2 Å². The van der Waals surface area contributed by atoms with Gasteiger partial charge in [0.1, 0.15) is 4.90 Å². The third-order valence-electron chi connectivity index (χ3n) is 4.93. The van der Waals surface area contributed by atoms with Crippen LogP contribution in [0.15, 0.2) is 88.8 Å². The quantitative estimate of drug-likeness (QED) is 0.427. The zero-order valence-electron chi connectivity index (χ0n) is 16.0. The Balaban J connectivity index is 1.97. The summed E-state index contributed by atoms with van der Waals surface area (Å²) in [7, 11) is -3.77. The first-order valence-electron chi connectivity index (χ1n) is 9.09. The summed E-state index contributed by atoms with van der Waals surface area (Å²) in [6, 6.07) is 21.7. The molecule has 0 aliphatic rings. The Kier molecular flexibility index (Phi) is 5.03. The van der Waals surface area contributed by atoms with Crippen molar-refractivity contribution in [3.8, 4) is 16.9 Å². The van der Waals surface area contributed by atoms with Gasteiger partial charge >= 0.3 is 0 Å². The highest BCUT2D eigenvalue weighted by Gasteiger charge is 2.27. The highest BCUT2D eigenvalue weighted by atomic mass is 35.5. The monoisotopic (exact) mass is 422 g/mol. The molecule has 0 saturated carbocycles. The van der Waals surface area contributed by atoms with Crippen LogP contribution >= 0.6 is 11.6 Å². The topological polar surface area (TPSA) is 52.0 Å². The zero-order chi connectivity index (χ0) is 20.6. The van der Waals surface area contributed by atoms with E-state index in [1.807, 2.05) is 50.2 Å². The molecule has 4 nitrogen and oxygen atoms in total. The lowest BCUT2D eigenvalue weighted by Gasteiger charge is -2.12. The van der Waals surface area contributed by atoms with Gasteiger partial charge in [-0.25, -0.2) is 13.1 Å². The standard InChI is InChI=1S/C23H19ClN2O2S/c1-16-8-13-21(14-17(16)2)29(27,28)22-15-25-26(20-6-4-3-5-7-20)23(22)18-9-11-19(24)12-10-18/h3-15H,1-2H3. The van der Waals surface area contributed by atoms with Gasteiger partial charge in [0.05, 0.1) is 22.5 Å². The second-order valence-electron chi connectivity index (χ2n) is 6.86. The van der Waals surface area contributed by atoms with Crippen LogP contribution in [0.5, 0.6) is 0 Å². The van der Waals surface area contributed by atoms with Crippen molar-refractivity contribution < 1.29 is 8.42 Å². The highest BCUT2D eigenvalue weighted by molar-refractivity contribution is 7.91. The van der Waals surface area contributed by atoms with Crippen molar-refractivity contribution in [1.29, 1.82) is 0 Å². The Morgan fingerprint density at radius 3 is 2.21 bits per heavy atom. The van der Waals surface area contributed by atoms with Crippen molar-refractivity contribution in [3.63, 3.8) is 0 Å². The van der Waals surface area contributed by atoms with Crippen molar-refractivity contribution in [1.82, 2.24) is 9.78 Å². The summed E-state index contributed by atoms with van der Waals surface area (Å²) in [4.78, 5) is 0.412. The van der Waals surface area contributed by atoms with Crippen LogP contribution < -0.4 is 0 Å². The van der Waals surface area contributed by atoms with Gasteiger partial charge in [0.2, 0.25) is 9.84 Å². The highest BCUT2D eigenvalue weighted by Crippen LogP contribution is 2.34. The van der Waals surface area contributed by atoms with Crippen molar-refractivity contribution in [2.45, 2.75) is 23.6 Å². The number of aromatic nitrogens is 2. The van der Waals surface area contributed by atoms with Crippen molar-refractivity contribution in [3.05, 3.63) is 95.1 Å². The molecule has 0 aliphatic heterocycles. The van der Waals surface area contributed by atoms with Gasteiger partial charge < -0.3 is 0 Å². The summed E-state index contributed by atoms with van der Waals surface area (Å²) in [5, 5.41) is 5.00. The van der Waals surface area contributed by atoms with Crippen LogP contribution in [0.2, 0.25) is 5.02 Å². The van der Waals surface area contributed by atoms with Crippen LogP contribution in [0.4, 0.5) is 0 Å². The molecule has 4 aromatic rings. The van der Waals surface area contributed by atoms with Gasteiger partial charge in [-0.05, 0) is 61.4 Å². The average Bonchev–Trinajstić information content (AvgIpc) is 3.17. The number of para-hydroxylation sites is 1. The molecule has 0 radical (unpaired) electrons. The molecule has 0 atom stereocenters. The number of sulfone groups is 1. The molecule has 6 heteroatoms. The van der Waals surface area contributed by atoms with Crippen LogP contribution in [0.3, 0.4) is 0 Å². The summed E-state index contributed by atoms with van der Waals surface area (Å²) in [6.45, 7) is 3.86. The summed E-state index contributed by atoms with van der Waals surface area (Å²) in [5.74, 6) is 0. The SMILES string of the molecule is Cc1ccc(S(=O)(=O)c2cnn(-c3ccccc3)c2-c2ccc(Cl)cc2)cc1C. The van der Waals surface area contributed by atoms with Gasteiger partial charge in [-0.2, -0.15) is 5.10 Å². The van der Waals surface area contributed by atoms with E-state index < -0.39 is 9.84 Å². The Morgan fingerprint density at radius 2 is 1.55 bits per heavy atom. The first kappa shape index (κ1) is 19.4. The molecule has 146 valence electrons. The molecule has 0 spiro atoms. The van der Waals surface area contributed by atoms with Gasteiger partial charge in [-0.15, -0.1) is 0 Å². The number of hydrogen-bond acceptors (Lipinski definition) is 3. The molecule has 0 unspecified atom stereocenters. The van der Waals surface area contributed by atoms with E-state index in [1.165, 1.54) is 6.20 Å². The summed E-state index contributed by atoms with van der Waals surface area (Å²) in [6.07, 6.45) is 1.42. The number of benzene rings is 3. The maximum absolute atomic E-state index is 13.5. The van der Waals surface area contributed by atoms with E-state index in [9.17, 15) is 8.42 Å². The van der Waals surface area contributed by atoms with Crippen molar-refractivity contribution in [2.24, 2.45) is 0 Å². The van der Waals surface area contributed by atoms with Gasteiger partial charge in [-0.3, -0.25) is 0 Å². The summed E-state index contributed by atoms with van der Waals surface area (Å²) in [5.41, 5.74) is 3.97. The van der Waals surface area contributed by atoms with E-state index >= 15 is 0 Å². The Bertz CT molecular complexity index is 1280. The normalized spacial score (nSPS) is 11.6. The van der Waals surface area contributed by atoms with Gasteiger partial charge in [0.15, 0.2) is 0 Å². The predicted octanol–water partition coefficient (Wildman–Crippen LogP) is 5.64. The Labute approximate surface area is 175 Å². The number of aryl methyl sites for hydroxylation is 2. The molecule has 0 saturated heterocycles. The van der Waals surface area contributed by atoms with Crippen LogP contribution in [0.1, 0.15) is 11.1 Å². The van der Waals surface area contributed by atoms with Crippen LogP contribution in [0.25, 0.3) is 16.9 Å². The maximum Gasteiger partial charge on any atom is 0.210 e. The fourth-order valence-electron chi connectivity index (χ4n) is 3.18. The molecule has 3 aromatic carbocycles. The van der Waals surface area contributed by atoms with E-state index in [-0.39, 0.29) is 9.79 Å². The lowest BCUT2D eigenvalue weighted by Crippen LogP contribution is -2.06. The lowest BCUT2D eigenvalue weighted by molar-refractivity contribution is 0.596.